The van der Waals surface area contributed by atoms with Gasteiger partial charge in [0.25, 0.3) is 0 Å². The minimum atomic E-state index is -1.68. The highest BCUT2D eigenvalue weighted by atomic mass is 28.4. The van der Waals surface area contributed by atoms with Crippen LogP contribution in [0.25, 0.3) is 11.2 Å². The Bertz CT molecular complexity index is 725. The van der Waals surface area contributed by atoms with Crippen LogP contribution in [0.2, 0.25) is 19.1 Å². The number of nitrogens with two attached hydrogens (primary N) is 1. The van der Waals surface area contributed by atoms with Gasteiger partial charge in [-0.15, -0.1) is 0 Å². The minimum absolute atomic E-state index is 0.0633. The molecule has 2 rings (SSSR count). The first-order valence-corrected chi connectivity index (χ1v) is 13.3. The van der Waals surface area contributed by atoms with Crippen LogP contribution in [-0.2, 0) is 20.4 Å². The van der Waals surface area contributed by atoms with E-state index in [1.807, 2.05) is 18.4 Å². The molecule has 0 saturated carbocycles. The van der Waals surface area contributed by atoms with Crippen LogP contribution in [0.1, 0.15) is 40.0 Å². The summed E-state index contributed by atoms with van der Waals surface area (Å²) >= 11 is 0. The largest absolute Gasteiger partial charge is 0.415 e. The summed E-state index contributed by atoms with van der Waals surface area (Å²) in [6.45, 7) is 12.6. The second-order valence-electron chi connectivity index (χ2n) is 7.61. The second kappa shape index (κ2) is 10.8. The Hall–Kier alpha value is -1.55. The number of hydrogen-bond donors (Lipinski definition) is 1. The van der Waals surface area contributed by atoms with Crippen molar-refractivity contribution in [2.45, 2.75) is 78.1 Å². The van der Waals surface area contributed by atoms with Crippen LogP contribution in [0.3, 0.4) is 0 Å². The first-order chi connectivity index (χ1) is 13.4. The normalized spacial score (nSPS) is 14.5. The molecule has 158 valence electrons. The lowest BCUT2D eigenvalue weighted by Crippen LogP contribution is -2.36. The first-order valence-electron chi connectivity index (χ1n) is 10.2. The van der Waals surface area contributed by atoms with E-state index >= 15 is 0 Å². The number of ether oxygens (including phenoxy) is 2. The zero-order valence-electron chi connectivity index (χ0n) is 17.9. The van der Waals surface area contributed by atoms with Crippen LogP contribution < -0.4 is 5.73 Å². The maximum absolute atomic E-state index is 6.34. The summed E-state index contributed by atoms with van der Waals surface area (Å²) in [5, 5.41) is 0. The highest BCUT2D eigenvalue weighted by Crippen LogP contribution is 2.19. The van der Waals surface area contributed by atoms with E-state index in [-0.39, 0.29) is 12.4 Å². The molecule has 8 nitrogen and oxygen atoms in total. The van der Waals surface area contributed by atoms with Crippen molar-refractivity contribution in [3.8, 4) is 0 Å². The van der Waals surface area contributed by atoms with Gasteiger partial charge < -0.3 is 24.2 Å². The second-order valence-corrected chi connectivity index (χ2v) is 11.9. The van der Waals surface area contributed by atoms with E-state index in [0.29, 0.717) is 31.1 Å². The molecule has 0 aliphatic heterocycles. The molecule has 0 radical (unpaired) electrons. The monoisotopic (exact) mass is 409 g/mol. The highest BCUT2D eigenvalue weighted by molar-refractivity contribution is 6.71. The van der Waals surface area contributed by atoms with E-state index in [1.165, 1.54) is 25.2 Å². The fraction of sp³-hybridized carbons (Fsp3) is 0.737. The van der Waals surface area contributed by atoms with E-state index in [1.54, 1.807) is 6.33 Å². The van der Waals surface area contributed by atoms with E-state index in [0.717, 1.165) is 12.1 Å². The molecule has 28 heavy (non-hydrogen) atoms. The molecule has 2 atom stereocenters. The number of aryl methyl sites for hydroxylation is 1. The SMILES string of the molecule is CCCC[Si](C)(C)OCC(CCn1cnc2c(N)ncnc21)OC(C)OCC. The van der Waals surface area contributed by atoms with Crippen LogP contribution >= 0.6 is 0 Å². The van der Waals surface area contributed by atoms with Crippen molar-refractivity contribution < 1.29 is 13.9 Å². The van der Waals surface area contributed by atoms with E-state index < -0.39 is 8.32 Å². The minimum Gasteiger partial charge on any atom is -0.415 e. The van der Waals surface area contributed by atoms with Crippen LogP contribution in [0.4, 0.5) is 5.82 Å². The lowest BCUT2D eigenvalue weighted by atomic mass is 10.2. The van der Waals surface area contributed by atoms with Crippen LogP contribution in [-0.4, -0.2) is 53.4 Å². The molecule has 0 aromatic carbocycles. The van der Waals surface area contributed by atoms with Crippen molar-refractivity contribution >= 4 is 25.3 Å². The summed E-state index contributed by atoms with van der Waals surface area (Å²) < 4.78 is 20.0. The Morgan fingerprint density at radius 2 is 2.00 bits per heavy atom. The average molecular weight is 410 g/mol. The van der Waals surface area contributed by atoms with Gasteiger partial charge in [-0.05, 0) is 39.4 Å². The van der Waals surface area contributed by atoms with Gasteiger partial charge in [-0.1, -0.05) is 19.8 Å². The predicted octanol–water partition coefficient (Wildman–Crippen LogP) is 3.59. The van der Waals surface area contributed by atoms with E-state index in [9.17, 15) is 0 Å². The summed E-state index contributed by atoms with van der Waals surface area (Å²) in [5.74, 6) is 0.397. The fourth-order valence-electron chi connectivity index (χ4n) is 3.07. The Labute approximate surface area is 168 Å². The van der Waals surface area contributed by atoms with Crippen molar-refractivity contribution in [3.63, 3.8) is 0 Å². The fourth-order valence-corrected chi connectivity index (χ4v) is 5.06. The van der Waals surface area contributed by atoms with Gasteiger partial charge in [0.1, 0.15) is 11.8 Å². The van der Waals surface area contributed by atoms with Crippen molar-refractivity contribution in [2.75, 3.05) is 18.9 Å². The maximum Gasteiger partial charge on any atom is 0.186 e. The zero-order valence-corrected chi connectivity index (χ0v) is 18.9. The lowest BCUT2D eigenvalue weighted by Gasteiger charge is -2.28. The van der Waals surface area contributed by atoms with Crippen molar-refractivity contribution in [1.29, 1.82) is 0 Å². The molecule has 0 aliphatic rings. The molecule has 9 heteroatoms. The number of aromatic nitrogens is 4. The first kappa shape index (κ1) is 22.7. The summed E-state index contributed by atoms with van der Waals surface area (Å²) in [6.07, 6.45) is 6.06. The number of nitrogen functional groups attached to an aromatic ring is 1. The number of rotatable bonds is 13. The molecule has 2 aromatic rings. The van der Waals surface area contributed by atoms with Gasteiger partial charge >= 0.3 is 0 Å². The van der Waals surface area contributed by atoms with Gasteiger partial charge in [0.05, 0.1) is 19.0 Å². The van der Waals surface area contributed by atoms with Crippen LogP contribution in [0.5, 0.6) is 0 Å². The predicted molar refractivity (Wildman–Crippen MR) is 113 cm³/mol. The maximum atomic E-state index is 6.34. The van der Waals surface area contributed by atoms with Gasteiger partial charge in [0, 0.05) is 13.2 Å². The molecule has 2 N–H and O–H groups in total. The average Bonchev–Trinajstić information content (AvgIpc) is 3.07. The molecular weight excluding hydrogens is 374 g/mol. The lowest BCUT2D eigenvalue weighted by molar-refractivity contribution is -0.166. The molecule has 0 aliphatic carbocycles. The molecule has 2 aromatic heterocycles. The smallest absolute Gasteiger partial charge is 0.186 e. The zero-order chi connectivity index (χ0) is 20.6. The van der Waals surface area contributed by atoms with Gasteiger partial charge in [-0.25, -0.2) is 15.0 Å². The van der Waals surface area contributed by atoms with Gasteiger partial charge in [-0.2, -0.15) is 0 Å². The molecule has 0 amide bonds. The standard InChI is InChI=1S/C19H35N5O3Si/c1-6-8-11-28(4,5)26-12-16(27-15(3)25-7-2)9-10-24-14-23-17-18(20)21-13-22-19(17)24/h13-16H,6-12H2,1-5H3,(H2,20,21,22). The van der Waals surface area contributed by atoms with Crippen molar-refractivity contribution in [3.05, 3.63) is 12.7 Å². The summed E-state index contributed by atoms with van der Waals surface area (Å²) in [6, 6.07) is 1.17. The number of nitrogens with zero attached hydrogens (tertiary/aromatic N) is 4. The Kier molecular flexibility index (Phi) is 8.81. The quantitative estimate of drug-likeness (QED) is 0.399. The molecule has 0 fully saturated rings. The Balaban J connectivity index is 2.00. The summed E-state index contributed by atoms with van der Waals surface area (Å²) in [7, 11) is -1.68. The Morgan fingerprint density at radius 3 is 2.71 bits per heavy atom. The molecular formula is C19H35N5O3Si. The van der Waals surface area contributed by atoms with Crippen molar-refractivity contribution in [1.82, 2.24) is 19.5 Å². The van der Waals surface area contributed by atoms with Crippen LogP contribution in [0.15, 0.2) is 12.7 Å². The van der Waals surface area contributed by atoms with E-state index in [2.05, 4.69) is 35.0 Å². The molecule has 0 saturated heterocycles. The number of imidazole rings is 1. The van der Waals surface area contributed by atoms with Crippen LogP contribution in [0, 0.1) is 0 Å². The summed E-state index contributed by atoms with van der Waals surface area (Å²) in [4.78, 5) is 12.6. The van der Waals surface area contributed by atoms with E-state index in [4.69, 9.17) is 19.6 Å². The van der Waals surface area contributed by atoms with Gasteiger partial charge in [0.2, 0.25) is 0 Å². The number of fused-ring (bicyclic) bond motifs is 1. The Morgan fingerprint density at radius 1 is 1.21 bits per heavy atom. The van der Waals surface area contributed by atoms with Gasteiger partial charge in [-0.3, -0.25) is 0 Å². The molecule has 2 heterocycles. The topological polar surface area (TPSA) is 97.3 Å². The number of anilines is 1. The molecule has 0 bridgehead atoms. The highest BCUT2D eigenvalue weighted by Gasteiger charge is 2.24. The van der Waals surface area contributed by atoms with Gasteiger partial charge in [0.15, 0.2) is 26.1 Å². The number of hydrogen-bond acceptors (Lipinski definition) is 7. The number of unbranched alkanes of at least 4 members (excludes halogenated alkanes) is 1. The van der Waals surface area contributed by atoms with Crippen molar-refractivity contribution in [2.24, 2.45) is 0 Å². The third kappa shape index (κ3) is 6.80. The third-order valence-corrected chi connectivity index (χ3v) is 7.21. The third-order valence-electron chi connectivity index (χ3n) is 4.70. The molecule has 0 spiro atoms. The molecule has 2 unspecified atom stereocenters. The summed E-state index contributed by atoms with van der Waals surface area (Å²) in [5.41, 5.74) is 7.25.